The van der Waals surface area contributed by atoms with Crippen molar-refractivity contribution in [1.29, 1.82) is 0 Å². The van der Waals surface area contributed by atoms with Crippen molar-refractivity contribution in [2.45, 2.75) is 26.1 Å². The van der Waals surface area contributed by atoms with E-state index in [1.165, 1.54) is 12.1 Å². The zero-order valence-corrected chi connectivity index (χ0v) is 20.7. The molecule has 0 atom stereocenters. The van der Waals surface area contributed by atoms with Gasteiger partial charge < -0.3 is 14.7 Å². The first-order chi connectivity index (χ1) is 17.8. The number of carboxylic acids is 1. The summed E-state index contributed by atoms with van der Waals surface area (Å²) in [6, 6.07) is 18.5. The first-order valence-electron chi connectivity index (χ1n) is 11.6. The van der Waals surface area contributed by atoms with Crippen LogP contribution in [-0.2, 0) is 38.0 Å². The lowest BCUT2D eigenvalue weighted by Crippen LogP contribution is -2.31. The number of rotatable bonds is 7. The normalized spacial score (nSPS) is 11.9. The molecule has 0 aliphatic carbocycles. The SMILES string of the molecule is Cn1nc(C(=O)N(Cc2ccc(CC(=O)O)cc2)Cc2cccc(F)c2)c2c1-c1cc(Cl)ccc1OC2. The monoisotopic (exact) mass is 519 g/mol. The van der Waals surface area contributed by atoms with Crippen LogP contribution in [0.1, 0.15) is 32.7 Å². The minimum atomic E-state index is -0.916. The van der Waals surface area contributed by atoms with Gasteiger partial charge in [0.1, 0.15) is 18.2 Å². The van der Waals surface area contributed by atoms with Crippen molar-refractivity contribution >= 4 is 23.5 Å². The standard InChI is InChI=1S/C28H23ClFN3O4/c1-32-27-22-13-20(29)9-10-24(22)37-16-23(27)26(31-32)28(36)33(15-19-3-2-4-21(30)11-19)14-18-7-5-17(6-8-18)12-25(34)35/h2-11,13H,12,14-16H2,1H3,(H,34,35). The van der Waals surface area contributed by atoms with E-state index in [1.54, 1.807) is 71.2 Å². The summed E-state index contributed by atoms with van der Waals surface area (Å²) in [5, 5.41) is 14.1. The molecule has 0 fully saturated rings. The van der Waals surface area contributed by atoms with E-state index in [1.807, 2.05) is 0 Å². The van der Waals surface area contributed by atoms with E-state index in [0.717, 1.165) is 16.8 Å². The van der Waals surface area contributed by atoms with Crippen LogP contribution in [0.3, 0.4) is 0 Å². The average Bonchev–Trinajstić information content (AvgIpc) is 3.21. The first-order valence-corrected chi connectivity index (χ1v) is 12.0. The quantitative estimate of drug-likeness (QED) is 0.361. The van der Waals surface area contributed by atoms with Gasteiger partial charge in [0.25, 0.3) is 5.91 Å². The highest BCUT2D eigenvalue weighted by Gasteiger charge is 2.31. The third-order valence-electron chi connectivity index (χ3n) is 6.22. The first kappa shape index (κ1) is 24.5. The smallest absolute Gasteiger partial charge is 0.307 e. The molecule has 37 heavy (non-hydrogen) atoms. The molecule has 3 aromatic carbocycles. The fourth-order valence-corrected chi connectivity index (χ4v) is 4.71. The van der Waals surface area contributed by atoms with Gasteiger partial charge in [-0.2, -0.15) is 5.10 Å². The number of carbonyl (C=O) groups is 2. The van der Waals surface area contributed by atoms with Crippen molar-refractivity contribution in [3.05, 3.63) is 106 Å². The molecule has 4 aromatic rings. The number of benzene rings is 3. The van der Waals surface area contributed by atoms with E-state index in [4.69, 9.17) is 21.4 Å². The molecule has 0 saturated heterocycles. The van der Waals surface area contributed by atoms with Gasteiger partial charge in [0.05, 0.1) is 12.1 Å². The third kappa shape index (κ3) is 5.20. The Morgan fingerprint density at radius 1 is 1.05 bits per heavy atom. The number of fused-ring (bicyclic) bond motifs is 3. The van der Waals surface area contributed by atoms with Crippen molar-refractivity contribution in [3.63, 3.8) is 0 Å². The number of carbonyl (C=O) groups excluding carboxylic acids is 1. The molecule has 1 aromatic heterocycles. The fourth-order valence-electron chi connectivity index (χ4n) is 4.54. The summed E-state index contributed by atoms with van der Waals surface area (Å²) in [4.78, 5) is 26.5. The topological polar surface area (TPSA) is 84.7 Å². The van der Waals surface area contributed by atoms with Gasteiger partial charge >= 0.3 is 5.97 Å². The average molecular weight is 520 g/mol. The van der Waals surface area contributed by atoms with Gasteiger partial charge in [-0.1, -0.05) is 48.0 Å². The Kier molecular flexibility index (Phi) is 6.67. The Morgan fingerprint density at radius 3 is 2.51 bits per heavy atom. The predicted octanol–water partition coefficient (Wildman–Crippen LogP) is 5.24. The summed E-state index contributed by atoms with van der Waals surface area (Å²) in [7, 11) is 1.77. The van der Waals surface area contributed by atoms with Gasteiger partial charge in [-0.3, -0.25) is 14.3 Å². The summed E-state index contributed by atoms with van der Waals surface area (Å²) in [6.45, 7) is 0.552. The van der Waals surface area contributed by atoms with E-state index in [9.17, 15) is 14.0 Å². The Morgan fingerprint density at radius 2 is 1.78 bits per heavy atom. The van der Waals surface area contributed by atoms with Gasteiger partial charge in [-0.05, 0) is 47.0 Å². The zero-order chi connectivity index (χ0) is 26.1. The molecule has 0 saturated carbocycles. The van der Waals surface area contributed by atoms with Crippen LogP contribution in [0.5, 0.6) is 5.75 Å². The summed E-state index contributed by atoms with van der Waals surface area (Å²) in [5.74, 6) is -0.970. The van der Waals surface area contributed by atoms with E-state index >= 15 is 0 Å². The van der Waals surface area contributed by atoms with Crippen LogP contribution in [0.4, 0.5) is 4.39 Å². The van der Waals surface area contributed by atoms with Crippen LogP contribution in [-0.4, -0.2) is 31.7 Å². The van der Waals surface area contributed by atoms with Crippen LogP contribution in [0, 0.1) is 5.82 Å². The highest BCUT2D eigenvalue weighted by atomic mass is 35.5. The van der Waals surface area contributed by atoms with E-state index in [0.29, 0.717) is 27.5 Å². The van der Waals surface area contributed by atoms with Crippen molar-refractivity contribution in [2.24, 2.45) is 7.05 Å². The predicted molar refractivity (Wildman–Crippen MR) is 136 cm³/mol. The molecule has 1 N–H and O–H groups in total. The molecule has 0 radical (unpaired) electrons. The Hall–Kier alpha value is -4.17. The molecule has 7 nitrogen and oxygen atoms in total. The van der Waals surface area contributed by atoms with Gasteiger partial charge in [-0.25, -0.2) is 4.39 Å². The lowest BCUT2D eigenvalue weighted by molar-refractivity contribution is -0.136. The molecule has 5 rings (SSSR count). The maximum Gasteiger partial charge on any atom is 0.307 e. The summed E-state index contributed by atoms with van der Waals surface area (Å²) >= 11 is 6.22. The van der Waals surface area contributed by atoms with Crippen molar-refractivity contribution in [3.8, 4) is 17.0 Å². The Labute approximate surface area is 217 Å². The molecule has 1 aliphatic heterocycles. The molecular weight excluding hydrogens is 497 g/mol. The van der Waals surface area contributed by atoms with E-state index < -0.39 is 5.97 Å². The molecule has 0 bridgehead atoms. The number of aliphatic carboxylic acids is 1. The van der Waals surface area contributed by atoms with Crippen molar-refractivity contribution in [1.82, 2.24) is 14.7 Å². The summed E-state index contributed by atoms with van der Waals surface area (Å²) in [5.41, 5.74) is 4.52. The number of ether oxygens (including phenoxy) is 1. The highest BCUT2D eigenvalue weighted by Crippen LogP contribution is 2.40. The second-order valence-corrected chi connectivity index (χ2v) is 9.34. The second kappa shape index (κ2) is 10.1. The summed E-state index contributed by atoms with van der Waals surface area (Å²) < 4.78 is 21.5. The van der Waals surface area contributed by atoms with Crippen LogP contribution in [0.25, 0.3) is 11.3 Å². The summed E-state index contributed by atoms with van der Waals surface area (Å²) in [6.07, 6.45) is -0.0855. The largest absolute Gasteiger partial charge is 0.488 e. The Balaban J connectivity index is 1.50. The van der Waals surface area contributed by atoms with Gasteiger partial charge in [0.2, 0.25) is 0 Å². The molecule has 0 unspecified atom stereocenters. The number of halogens is 2. The lowest BCUT2D eigenvalue weighted by Gasteiger charge is -2.24. The molecule has 9 heteroatoms. The molecule has 188 valence electrons. The fraction of sp³-hybridized carbons (Fsp3) is 0.179. The molecular formula is C28H23ClFN3O4. The molecule has 1 aliphatic rings. The number of carboxylic acid groups (broad SMARTS) is 1. The zero-order valence-electron chi connectivity index (χ0n) is 19.9. The van der Waals surface area contributed by atoms with Gasteiger partial charge in [0.15, 0.2) is 5.69 Å². The number of hydrogen-bond acceptors (Lipinski definition) is 4. The van der Waals surface area contributed by atoms with Crippen LogP contribution < -0.4 is 4.74 Å². The maximum absolute atomic E-state index is 13.9. The van der Waals surface area contributed by atoms with Crippen LogP contribution >= 0.6 is 11.6 Å². The number of aryl methyl sites for hydroxylation is 1. The number of hydrogen-bond donors (Lipinski definition) is 1. The number of amides is 1. The lowest BCUT2D eigenvalue weighted by atomic mass is 10.0. The molecule has 1 amide bonds. The Bertz CT molecular complexity index is 1500. The minimum Gasteiger partial charge on any atom is -0.488 e. The molecule has 0 spiro atoms. The maximum atomic E-state index is 13.9. The van der Waals surface area contributed by atoms with Gasteiger partial charge in [0, 0.05) is 36.3 Å². The molecule has 2 heterocycles. The van der Waals surface area contributed by atoms with E-state index in [-0.39, 0.29) is 43.5 Å². The highest BCUT2D eigenvalue weighted by molar-refractivity contribution is 6.31. The third-order valence-corrected chi connectivity index (χ3v) is 6.45. The van der Waals surface area contributed by atoms with Gasteiger partial charge in [-0.15, -0.1) is 0 Å². The van der Waals surface area contributed by atoms with Crippen molar-refractivity contribution in [2.75, 3.05) is 0 Å². The van der Waals surface area contributed by atoms with Crippen LogP contribution in [0.2, 0.25) is 5.02 Å². The number of aromatic nitrogens is 2. The second-order valence-electron chi connectivity index (χ2n) is 8.91. The number of nitrogens with zero attached hydrogens (tertiary/aromatic N) is 3. The van der Waals surface area contributed by atoms with E-state index in [2.05, 4.69) is 5.10 Å². The van der Waals surface area contributed by atoms with Crippen LogP contribution in [0.15, 0.2) is 66.7 Å². The van der Waals surface area contributed by atoms with Crippen molar-refractivity contribution < 1.29 is 23.8 Å². The minimum absolute atomic E-state index is 0.0855.